The number of imidazole rings is 1. The highest BCUT2D eigenvalue weighted by molar-refractivity contribution is 5.73. The Bertz CT molecular complexity index is 1420. The van der Waals surface area contributed by atoms with Crippen molar-refractivity contribution in [1.82, 2.24) is 29.6 Å². The van der Waals surface area contributed by atoms with Gasteiger partial charge in [0.2, 0.25) is 0 Å². The van der Waals surface area contributed by atoms with Crippen LogP contribution in [0, 0.1) is 5.92 Å². The van der Waals surface area contributed by atoms with Gasteiger partial charge in [0, 0.05) is 24.4 Å². The van der Waals surface area contributed by atoms with E-state index in [9.17, 15) is 5.11 Å². The normalized spacial score (nSPS) is 14.5. The summed E-state index contributed by atoms with van der Waals surface area (Å²) in [5, 5.41) is 11.1. The maximum atomic E-state index is 11.1. The van der Waals surface area contributed by atoms with Crippen molar-refractivity contribution >= 4 is 11.2 Å². The van der Waals surface area contributed by atoms with Crippen molar-refractivity contribution in [3.63, 3.8) is 0 Å². The van der Waals surface area contributed by atoms with Gasteiger partial charge in [0.15, 0.2) is 5.65 Å². The van der Waals surface area contributed by atoms with Gasteiger partial charge >= 0.3 is 0 Å². The molecule has 3 N–H and O–H groups in total. The maximum absolute atomic E-state index is 11.1. The minimum Gasteiger partial charge on any atom is -0.497 e. The van der Waals surface area contributed by atoms with Crippen molar-refractivity contribution in [3.8, 4) is 5.75 Å². The van der Waals surface area contributed by atoms with E-state index in [0.29, 0.717) is 5.65 Å². The van der Waals surface area contributed by atoms with Crippen molar-refractivity contribution in [3.05, 3.63) is 108 Å². The summed E-state index contributed by atoms with van der Waals surface area (Å²) < 4.78 is 6.57. The van der Waals surface area contributed by atoms with Crippen molar-refractivity contribution in [2.75, 3.05) is 13.0 Å². The van der Waals surface area contributed by atoms with Gasteiger partial charge < -0.3 is 15.7 Å². The van der Waals surface area contributed by atoms with Crippen molar-refractivity contribution in [2.45, 2.75) is 24.9 Å². The molecule has 182 valence electrons. The van der Waals surface area contributed by atoms with Crippen LogP contribution in [0.5, 0.6) is 5.75 Å². The van der Waals surface area contributed by atoms with Gasteiger partial charge in [0.05, 0.1) is 12.8 Å². The molecule has 9 nitrogen and oxygen atoms in total. The number of aliphatic hydroxyl groups is 1. The Morgan fingerprint density at radius 1 is 0.944 bits per heavy atom. The zero-order valence-corrected chi connectivity index (χ0v) is 19.9. The van der Waals surface area contributed by atoms with Gasteiger partial charge in [-0.05, 0) is 42.0 Å². The first kappa shape index (κ1) is 23.4. The summed E-state index contributed by atoms with van der Waals surface area (Å²) in [6, 6.07) is 17.7. The summed E-state index contributed by atoms with van der Waals surface area (Å²) >= 11 is 0. The molecule has 3 aromatic heterocycles. The highest BCUT2D eigenvalue weighted by Crippen LogP contribution is 2.49. The SMILES string of the molecule is COc1ccc(C(O)(c2cncnc2)C2CC2)cc1.Nn1cnc2c(Cc3ccccc3)ncnc21. The van der Waals surface area contributed by atoms with Crippen LogP contribution >= 0.6 is 0 Å². The fraction of sp³-hybridized carbons (Fsp3) is 0.222. The molecule has 1 aliphatic rings. The molecule has 1 unspecified atom stereocenters. The average molecular weight is 482 g/mol. The lowest BCUT2D eigenvalue weighted by atomic mass is 9.83. The number of benzene rings is 2. The Kier molecular flexibility index (Phi) is 6.55. The molecular weight excluding hydrogens is 454 g/mol. The van der Waals surface area contributed by atoms with E-state index in [1.165, 1.54) is 22.9 Å². The Labute approximate surface area is 208 Å². The zero-order valence-electron chi connectivity index (χ0n) is 19.9. The Morgan fingerprint density at radius 2 is 1.67 bits per heavy atom. The number of rotatable bonds is 6. The van der Waals surface area contributed by atoms with Crippen molar-refractivity contribution < 1.29 is 9.84 Å². The summed E-state index contributed by atoms with van der Waals surface area (Å²) in [6.07, 6.45) is 10.7. The minimum atomic E-state index is -0.993. The van der Waals surface area contributed by atoms with E-state index in [2.05, 4.69) is 37.1 Å². The monoisotopic (exact) mass is 481 g/mol. The lowest BCUT2D eigenvalue weighted by Crippen LogP contribution is -2.30. The largest absolute Gasteiger partial charge is 0.497 e. The highest BCUT2D eigenvalue weighted by atomic mass is 16.5. The van der Waals surface area contributed by atoms with Gasteiger partial charge in [0.25, 0.3) is 0 Å². The molecule has 5 aromatic rings. The van der Waals surface area contributed by atoms with E-state index >= 15 is 0 Å². The van der Waals surface area contributed by atoms with Crippen LogP contribution < -0.4 is 10.6 Å². The molecule has 36 heavy (non-hydrogen) atoms. The van der Waals surface area contributed by atoms with E-state index in [1.54, 1.807) is 25.8 Å². The van der Waals surface area contributed by atoms with Crippen molar-refractivity contribution in [2.24, 2.45) is 5.92 Å². The fourth-order valence-electron chi connectivity index (χ4n) is 4.30. The second-order valence-electron chi connectivity index (χ2n) is 8.70. The minimum absolute atomic E-state index is 0.242. The van der Waals surface area contributed by atoms with Crippen LogP contribution in [-0.2, 0) is 12.0 Å². The Morgan fingerprint density at radius 3 is 2.33 bits per heavy atom. The third-order valence-electron chi connectivity index (χ3n) is 6.35. The zero-order chi connectivity index (χ0) is 25.0. The molecule has 1 atom stereocenters. The third kappa shape index (κ3) is 4.73. The molecule has 1 saturated carbocycles. The van der Waals surface area contributed by atoms with E-state index in [-0.39, 0.29) is 5.92 Å². The molecule has 2 aromatic carbocycles. The number of hydrogen-bond acceptors (Lipinski definition) is 8. The Hall–Kier alpha value is -4.37. The first-order valence-electron chi connectivity index (χ1n) is 11.7. The number of nitrogens with zero attached hydrogens (tertiary/aromatic N) is 6. The predicted octanol–water partition coefficient (Wildman–Crippen LogP) is 3.26. The van der Waals surface area contributed by atoms with Gasteiger partial charge in [-0.1, -0.05) is 42.5 Å². The molecule has 1 aliphatic carbocycles. The number of nitrogens with two attached hydrogens (primary N) is 1. The molecule has 0 spiro atoms. The van der Waals surface area contributed by atoms with Crippen LogP contribution in [0.1, 0.15) is 35.2 Å². The number of hydrogen-bond donors (Lipinski definition) is 2. The first-order valence-corrected chi connectivity index (χ1v) is 11.7. The lowest BCUT2D eigenvalue weighted by Gasteiger charge is -2.28. The van der Waals surface area contributed by atoms with Gasteiger partial charge in [-0.25, -0.2) is 29.6 Å². The van der Waals surface area contributed by atoms with Crippen LogP contribution in [0.25, 0.3) is 11.2 Å². The standard InChI is InChI=1S/C15H16N2O2.C12H11N5/c1-19-14-6-4-12(5-7-14)15(18,11-2-3-11)13-8-16-10-17-9-13;13-17-8-16-11-10(14-7-15-12(11)17)6-9-4-2-1-3-5-9/h4-11,18H,2-3H2,1H3;1-5,7-8H,6,13H2. The van der Waals surface area contributed by atoms with Crippen LogP contribution in [0.15, 0.2) is 86.0 Å². The summed E-state index contributed by atoms with van der Waals surface area (Å²) in [5.74, 6) is 6.73. The number of nitrogen functional groups attached to an aromatic ring is 1. The molecule has 9 heteroatoms. The summed E-state index contributed by atoms with van der Waals surface area (Å²) in [7, 11) is 1.63. The topological polar surface area (TPSA) is 125 Å². The van der Waals surface area contributed by atoms with E-state index in [4.69, 9.17) is 10.6 Å². The summed E-state index contributed by atoms with van der Waals surface area (Å²) in [5.41, 5.74) is 4.13. The molecule has 6 rings (SSSR count). The van der Waals surface area contributed by atoms with Crippen LogP contribution in [0.4, 0.5) is 0 Å². The number of aromatic nitrogens is 6. The smallest absolute Gasteiger partial charge is 0.181 e. The second-order valence-corrected chi connectivity index (χ2v) is 8.70. The highest BCUT2D eigenvalue weighted by Gasteiger charge is 2.46. The summed E-state index contributed by atoms with van der Waals surface area (Å²) in [6.45, 7) is 0. The third-order valence-corrected chi connectivity index (χ3v) is 6.35. The van der Waals surface area contributed by atoms with E-state index in [0.717, 1.165) is 47.3 Å². The van der Waals surface area contributed by atoms with Gasteiger partial charge in [-0.2, -0.15) is 0 Å². The summed E-state index contributed by atoms with van der Waals surface area (Å²) in [4.78, 5) is 20.7. The fourth-order valence-corrected chi connectivity index (χ4v) is 4.30. The molecule has 3 heterocycles. The Balaban J connectivity index is 0.000000149. The quantitative estimate of drug-likeness (QED) is 0.354. The van der Waals surface area contributed by atoms with E-state index < -0.39 is 5.60 Å². The van der Waals surface area contributed by atoms with Gasteiger partial charge in [-0.3, -0.25) is 0 Å². The molecule has 0 amide bonds. The molecular formula is C27H27N7O2. The maximum Gasteiger partial charge on any atom is 0.181 e. The second kappa shape index (κ2) is 10.1. The predicted molar refractivity (Wildman–Crippen MR) is 135 cm³/mol. The van der Waals surface area contributed by atoms with Crippen LogP contribution in [0.3, 0.4) is 0 Å². The molecule has 0 radical (unpaired) electrons. The average Bonchev–Trinajstić information content (AvgIpc) is 3.73. The van der Waals surface area contributed by atoms with Crippen molar-refractivity contribution in [1.29, 1.82) is 0 Å². The number of fused-ring (bicyclic) bond motifs is 1. The number of ether oxygens (including phenoxy) is 1. The van der Waals surface area contributed by atoms with Crippen LogP contribution in [-0.4, -0.2) is 41.8 Å². The van der Waals surface area contributed by atoms with Gasteiger partial charge in [0.1, 0.15) is 35.8 Å². The lowest BCUT2D eigenvalue weighted by molar-refractivity contribution is 0.0556. The van der Waals surface area contributed by atoms with Crippen LogP contribution in [0.2, 0.25) is 0 Å². The van der Waals surface area contributed by atoms with Gasteiger partial charge in [-0.15, -0.1) is 0 Å². The number of methoxy groups -OCH3 is 1. The molecule has 1 fully saturated rings. The molecule has 0 saturated heterocycles. The molecule has 0 bridgehead atoms. The van der Waals surface area contributed by atoms with E-state index in [1.807, 2.05) is 42.5 Å². The molecule has 0 aliphatic heterocycles. The first-order chi connectivity index (χ1) is 17.6.